The van der Waals surface area contributed by atoms with Crippen LogP contribution in [0.1, 0.15) is 86.4 Å². The summed E-state index contributed by atoms with van der Waals surface area (Å²) in [5.74, 6) is -9.26. The molecule has 5 aromatic rings. The molecule has 0 spiro atoms. The summed E-state index contributed by atoms with van der Waals surface area (Å²) in [5, 5.41) is 18.0. The third kappa shape index (κ3) is 10.9. The van der Waals surface area contributed by atoms with Crippen molar-refractivity contribution < 1.29 is 80.2 Å². The standard InChI is InChI=1S/C45H40ClF10N7O8S2/c1-41(2,18-32(65)66)40(67)63(73(6,70)71)39-34-29(46)10-9-26(36(34)62(60-39)20-43(49,50)51)25-8-7-24(11-12-42(3,4)72(5,68)69)57-35(25)30(15-21-13-22(47)16-23(48)14-21)58-31(64)19-61-38-33(37(59-61)45(54,55)56)27-17-28(27)44(38,52)53/h7-10,13-14,16,27-28,30H,15,17-20H2,1-6H3,(H,58,64)(H,65,66)/t27-,28+,30-/m0/s1. The lowest BCUT2D eigenvalue weighted by molar-refractivity contribution is -0.143. The summed E-state index contributed by atoms with van der Waals surface area (Å²) >= 11 is 6.63. The molecule has 2 aromatic carbocycles. The molecule has 2 amide bonds. The number of nitrogens with zero attached hydrogens (tertiary/aromatic N) is 6. The molecule has 3 aromatic heterocycles. The van der Waals surface area contributed by atoms with Crippen LogP contribution in [0, 0.1) is 34.8 Å². The van der Waals surface area contributed by atoms with Crippen molar-refractivity contribution in [1.82, 2.24) is 29.9 Å². The molecule has 2 aliphatic carbocycles. The molecule has 2 aliphatic rings. The summed E-state index contributed by atoms with van der Waals surface area (Å²) in [4.78, 5) is 44.5. The van der Waals surface area contributed by atoms with E-state index < -0.39 is 171 Å². The van der Waals surface area contributed by atoms with Gasteiger partial charge in [0.25, 0.3) is 5.92 Å². The molecule has 0 radical (unpaired) electrons. The highest BCUT2D eigenvalue weighted by Gasteiger charge is 2.68. The number of fused-ring (bicyclic) bond motifs is 4. The van der Waals surface area contributed by atoms with Gasteiger partial charge in [-0.25, -0.2) is 30.6 Å². The van der Waals surface area contributed by atoms with Gasteiger partial charge in [-0.1, -0.05) is 37.4 Å². The number of halogens is 11. The lowest BCUT2D eigenvalue weighted by atomic mass is 9.88. The topological polar surface area (TPSA) is 204 Å². The van der Waals surface area contributed by atoms with Gasteiger partial charge in [0.1, 0.15) is 40.9 Å². The zero-order chi connectivity index (χ0) is 54.5. The highest BCUT2D eigenvalue weighted by molar-refractivity contribution is 7.93. The van der Waals surface area contributed by atoms with Gasteiger partial charge in [-0.15, -0.1) is 0 Å². The fourth-order valence-corrected chi connectivity index (χ4v) is 10.00. The third-order valence-electron chi connectivity index (χ3n) is 12.2. The SMILES string of the molecule is CC(C)(CC(=O)O)C(=O)N(c1nn(CC(F)(F)F)c2c(-c3ccc(C#CC(C)(C)S(C)(=O)=O)nc3[C@H](Cc3cc(F)cc(F)c3)NC(=O)Cn3nc(C(F)(F)F)c4c3C(F)(F)[C@@H]3C[C@H]43)ccc(Cl)c12)S(C)(=O)=O. The second-order valence-corrected chi connectivity index (χ2v) is 23.6. The van der Waals surface area contributed by atoms with E-state index in [1.807, 2.05) is 0 Å². The maximum absolute atomic E-state index is 15.6. The first kappa shape index (κ1) is 54.5. The van der Waals surface area contributed by atoms with Crippen molar-refractivity contribution >= 4 is 66.0 Å². The van der Waals surface area contributed by atoms with Crippen LogP contribution in [0.4, 0.5) is 49.7 Å². The van der Waals surface area contributed by atoms with Gasteiger partial charge in [0.05, 0.1) is 45.8 Å². The smallest absolute Gasteiger partial charge is 0.435 e. The number of sulfone groups is 1. The number of carbonyl (C=O) groups excluding carboxylic acids is 2. The van der Waals surface area contributed by atoms with Crippen molar-refractivity contribution in [1.29, 1.82) is 0 Å². The molecular weight excluding hydrogens is 1060 g/mol. The lowest BCUT2D eigenvalue weighted by Gasteiger charge is -2.28. The van der Waals surface area contributed by atoms with Crippen LogP contribution < -0.4 is 9.62 Å². The van der Waals surface area contributed by atoms with Crippen molar-refractivity contribution in [2.45, 2.75) is 95.0 Å². The Labute approximate surface area is 413 Å². The largest absolute Gasteiger partial charge is 0.481 e. The van der Waals surface area contributed by atoms with E-state index in [-0.39, 0.29) is 36.9 Å². The molecule has 1 saturated carbocycles. The van der Waals surface area contributed by atoms with Gasteiger partial charge in [0.15, 0.2) is 21.3 Å². The first-order valence-corrected chi connectivity index (χ1v) is 25.5. The Morgan fingerprint density at radius 2 is 1.55 bits per heavy atom. The number of nitrogens with one attached hydrogen (secondary N) is 1. The molecule has 392 valence electrons. The molecule has 0 saturated heterocycles. The number of rotatable bonds is 14. The van der Waals surface area contributed by atoms with Gasteiger partial charge in [-0.05, 0) is 74.4 Å². The van der Waals surface area contributed by atoms with Gasteiger partial charge in [0.2, 0.25) is 21.8 Å². The summed E-state index contributed by atoms with van der Waals surface area (Å²) < 4.78 is 198. The van der Waals surface area contributed by atoms with Crippen LogP contribution in [0.3, 0.4) is 0 Å². The highest BCUT2D eigenvalue weighted by Crippen LogP contribution is 2.68. The van der Waals surface area contributed by atoms with Crippen LogP contribution in [0.2, 0.25) is 5.02 Å². The molecule has 1 fully saturated rings. The van der Waals surface area contributed by atoms with Crippen LogP contribution >= 0.6 is 11.6 Å². The van der Waals surface area contributed by atoms with Crippen LogP contribution in [0.15, 0.2) is 42.5 Å². The number of aliphatic carboxylic acids is 1. The van der Waals surface area contributed by atoms with Crippen molar-refractivity contribution in [2.75, 3.05) is 16.8 Å². The summed E-state index contributed by atoms with van der Waals surface area (Å²) in [6, 6.07) is 4.56. The minimum absolute atomic E-state index is 0.0209. The van der Waals surface area contributed by atoms with Crippen molar-refractivity contribution in [2.24, 2.45) is 11.3 Å². The molecule has 28 heteroatoms. The quantitative estimate of drug-likeness (QED) is 0.0804. The Morgan fingerprint density at radius 3 is 2.11 bits per heavy atom. The Bertz CT molecular complexity index is 3420. The minimum atomic E-state index is -5.24. The van der Waals surface area contributed by atoms with E-state index in [1.165, 1.54) is 13.8 Å². The fraction of sp³-hybridized carbons (Fsp3) is 0.422. The normalized spacial score (nSPS) is 17.1. The zero-order valence-corrected chi connectivity index (χ0v) is 41.2. The number of benzene rings is 2. The maximum Gasteiger partial charge on any atom is 0.435 e. The molecule has 7 rings (SSSR count). The number of alkyl halides is 8. The number of pyridine rings is 1. The van der Waals surface area contributed by atoms with Gasteiger partial charge in [-0.3, -0.25) is 23.7 Å². The van der Waals surface area contributed by atoms with Crippen LogP contribution in [-0.2, 0) is 65.9 Å². The van der Waals surface area contributed by atoms with Gasteiger partial charge in [-0.2, -0.15) is 49.6 Å². The van der Waals surface area contributed by atoms with Crippen LogP contribution in [0.25, 0.3) is 22.0 Å². The van der Waals surface area contributed by atoms with E-state index in [0.29, 0.717) is 12.3 Å². The molecular formula is C45H40ClF10N7O8S2. The number of carboxylic acids is 1. The van der Waals surface area contributed by atoms with Crippen molar-refractivity contribution in [3.8, 4) is 23.0 Å². The lowest BCUT2D eigenvalue weighted by Crippen LogP contribution is -2.45. The monoisotopic (exact) mass is 1100 g/mol. The second kappa shape index (κ2) is 18.3. The van der Waals surface area contributed by atoms with Crippen LogP contribution in [0.5, 0.6) is 0 Å². The van der Waals surface area contributed by atoms with E-state index >= 15 is 8.78 Å². The van der Waals surface area contributed by atoms with Gasteiger partial charge < -0.3 is 10.4 Å². The summed E-state index contributed by atoms with van der Waals surface area (Å²) in [6.07, 6.45) is -11.1. The number of carbonyl (C=O) groups is 3. The first-order valence-electron chi connectivity index (χ1n) is 21.4. The molecule has 0 aliphatic heterocycles. The molecule has 3 heterocycles. The molecule has 3 atom stereocenters. The first-order chi connectivity index (χ1) is 33.3. The number of amides is 2. The number of hydrogen-bond acceptors (Lipinski definition) is 10. The number of anilines is 1. The minimum Gasteiger partial charge on any atom is -0.481 e. The second-order valence-electron chi connectivity index (χ2n) is 18.8. The van der Waals surface area contributed by atoms with E-state index in [4.69, 9.17) is 11.6 Å². The zero-order valence-electron chi connectivity index (χ0n) is 38.8. The summed E-state index contributed by atoms with van der Waals surface area (Å²) in [7, 11) is -8.85. The molecule has 0 bridgehead atoms. The van der Waals surface area contributed by atoms with Crippen LogP contribution in [-0.4, -0.2) is 87.7 Å². The van der Waals surface area contributed by atoms with E-state index in [2.05, 4.69) is 32.3 Å². The molecule has 0 unspecified atom stereocenters. The fourth-order valence-electron chi connectivity index (χ4n) is 8.53. The highest BCUT2D eigenvalue weighted by atomic mass is 35.5. The number of aromatic nitrogens is 5. The predicted molar refractivity (Wildman–Crippen MR) is 241 cm³/mol. The van der Waals surface area contributed by atoms with Crippen molar-refractivity contribution in [3.63, 3.8) is 0 Å². The Balaban J connectivity index is 1.50. The van der Waals surface area contributed by atoms with Gasteiger partial charge >= 0.3 is 18.3 Å². The Kier molecular flexibility index (Phi) is 13.7. The number of hydrogen-bond donors (Lipinski definition) is 2. The van der Waals surface area contributed by atoms with E-state index in [1.54, 1.807) is 0 Å². The summed E-state index contributed by atoms with van der Waals surface area (Å²) in [6.45, 7) is 1.19. The molecule has 2 N–H and O–H groups in total. The molecule has 73 heavy (non-hydrogen) atoms. The van der Waals surface area contributed by atoms with E-state index in [9.17, 15) is 71.4 Å². The third-order valence-corrected chi connectivity index (χ3v) is 15.5. The summed E-state index contributed by atoms with van der Waals surface area (Å²) in [5.41, 5.74) is -8.23. The average molecular weight is 1100 g/mol. The Morgan fingerprint density at radius 1 is 0.932 bits per heavy atom. The van der Waals surface area contributed by atoms with Crippen molar-refractivity contribution in [3.05, 3.63) is 93.0 Å². The predicted octanol–water partition coefficient (Wildman–Crippen LogP) is 8.08. The number of carboxylic acid groups (broad SMARTS) is 1. The maximum atomic E-state index is 15.6. The Hall–Kier alpha value is -6.27. The number of sulfonamides is 1. The molecule has 15 nitrogen and oxygen atoms in total. The van der Waals surface area contributed by atoms with Gasteiger partial charge in [0, 0.05) is 34.9 Å². The average Bonchev–Trinajstić information content (AvgIpc) is 3.73. The van der Waals surface area contributed by atoms with E-state index in [0.717, 1.165) is 56.5 Å².